The standard InChI is InChI=1S/C68H116NO8P/c1-6-8-10-12-14-16-18-20-22-24-26-27-28-29-30-31-32-33-34-35-36-37-38-39-40-41-43-45-47-49-51-53-55-57-59-61-68(71)77-66(65-76-78(72,73)75-63-62-69(3,4)5)64-74-67(70)60-58-56-54-52-50-48-46-44-42-25-23-21-19-17-15-13-11-9-7-2/h8,10,14,16,20,22,26-27,29-30,32-33,35-36,38-39,41,43,47,49,66H,6-7,9,11-13,15,17-19,21,23-25,28,31,34,37,40,42,44-46,48,50-65H2,1-5H3/b10-8-,16-14-,22-20-,27-26-,30-29-,33-32-,36-35-,39-38-,43-41-,49-47-. The fourth-order valence-corrected chi connectivity index (χ4v) is 8.94. The van der Waals surface area contributed by atoms with Crippen molar-refractivity contribution >= 4 is 19.8 Å². The van der Waals surface area contributed by atoms with E-state index in [4.69, 9.17) is 18.5 Å². The zero-order chi connectivity index (χ0) is 57.0. The molecule has 9 nitrogen and oxygen atoms in total. The fourth-order valence-electron chi connectivity index (χ4n) is 8.21. The van der Waals surface area contributed by atoms with Gasteiger partial charge in [-0.1, -0.05) is 264 Å². The van der Waals surface area contributed by atoms with Crippen LogP contribution in [0.3, 0.4) is 0 Å². The second-order valence-corrected chi connectivity index (χ2v) is 23.1. The van der Waals surface area contributed by atoms with Crippen molar-refractivity contribution in [1.29, 1.82) is 0 Å². The van der Waals surface area contributed by atoms with E-state index in [1.807, 2.05) is 21.1 Å². The third kappa shape index (κ3) is 61.6. The van der Waals surface area contributed by atoms with Crippen LogP contribution in [-0.2, 0) is 32.7 Å². The molecule has 446 valence electrons. The molecule has 0 N–H and O–H groups in total. The Labute approximate surface area is 479 Å². The van der Waals surface area contributed by atoms with Crippen molar-refractivity contribution in [3.63, 3.8) is 0 Å². The molecule has 0 aliphatic carbocycles. The van der Waals surface area contributed by atoms with Gasteiger partial charge in [0, 0.05) is 12.8 Å². The molecule has 10 heteroatoms. The van der Waals surface area contributed by atoms with Gasteiger partial charge < -0.3 is 27.9 Å². The summed E-state index contributed by atoms with van der Waals surface area (Å²) in [5.74, 6) is -0.863. The van der Waals surface area contributed by atoms with Crippen LogP contribution in [0.5, 0.6) is 0 Å². The Bertz CT molecular complexity index is 1730. The Hall–Kier alpha value is -3.59. The largest absolute Gasteiger partial charge is 0.756 e. The zero-order valence-corrected chi connectivity index (χ0v) is 51.5. The minimum absolute atomic E-state index is 0.0411. The van der Waals surface area contributed by atoms with E-state index < -0.39 is 32.5 Å². The Balaban J connectivity index is 4.22. The second-order valence-electron chi connectivity index (χ2n) is 21.7. The molecule has 0 aliphatic rings. The van der Waals surface area contributed by atoms with Crippen molar-refractivity contribution in [2.45, 2.75) is 251 Å². The molecular weight excluding hydrogens is 990 g/mol. The summed E-state index contributed by atoms with van der Waals surface area (Å²) >= 11 is 0. The van der Waals surface area contributed by atoms with Crippen LogP contribution in [0, 0.1) is 0 Å². The van der Waals surface area contributed by atoms with Crippen LogP contribution in [0.1, 0.15) is 245 Å². The molecule has 0 aromatic rings. The number of carbonyl (C=O) groups excluding carboxylic acids is 2. The summed E-state index contributed by atoms with van der Waals surface area (Å²) in [5.41, 5.74) is 0. The van der Waals surface area contributed by atoms with E-state index in [9.17, 15) is 19.0 Å². The number of allylic oxidation sites excluding steroid dienone is 20. The van der Waals surface area contributed by atoms with Gasteiger partial charge in [-0.25, -0.2) is 0 Å². The highest BCUT2D eigenvalue weighted by atomic mass is 31.2. The number of ether oxygens (including phenoxy) is 2. The summed E-state index contributed by atoms with van der Waals surface area (Å²) in [4.78, 5) is 37.9. The molecule has 2 atom stereocenters. The molecule has 0 fully saturated rings. The summed E-state index contributed by atoms with van der Waals surface area (Å²) in [7, 11) is 1.14. The summed E-state index contributed by atoms with van der Waals surface area (Å²) in [6, 6.07) is 0. The monoisotopic (exact) mass is 1110 g/mol. The minimum atomic E-state index is -4.65. The molecule has 0 bridgehead atoms. The molecular formula is C68H116NO8P. The zero-order valence-electron chi connectivity index (χ0n) is 50.6. The third-order valence-corrected chi connectivity index (χ3v) is 14.0. The van der Waals surface area contributed by atoms with E-state index in [2.05, 4.69) is 135 Å². The minimum Gasteiger partial charge on any atom is -0.756 e. The molecule has 78 heavy (non-hydrogen) atoms. The first-order chi connectivity index (χ1) is 38.0. The lowest BCUT2D eigenvalue weighted by atomic mass is 10.0. The summed E-state index contributed by atoms with van der Waals surface area (Å²) in [6.07, 6.45) is 82.5. The van der Waals surface area contributed by atoms with Crippen LogP contribution in [-0.4, -0.2) is 70.0 Å². The predicted octanol–water partition coefficient (Wildman–Crippen LogP) is 19.3. The van der Waals surface area contributed by atoms with E-state index in [1.54, 1.807) is 0 Å². The van der Waals surface area contributed by atoms with Gasteiger partial charge in [-0.2, -0.15) is 0 Å². The number of hydrogen-bond acceptors (Lipinski definition) is 8. The lowest BCUT2D eigenvalue weighted by Crippen LogP contribution is -2.37. The van der Waals surface area contributed by atoms with E-state index >= 15 is 0 Å². The summed E-state index contributed by atoms with van der Waals surface area (Å²) < 4.78 is 34.2. The van der Waals surface area contributed by atoms with Gasteiger partial charge in [-0.15, -0.1) is 0 Å². The predicted molar refractivity (Wildman–Crippen MR) is 332 cm³/mol. The highest BCUT2D eigenvalue weighted by Crippen LogP contribution is 2.38. The third-order valence-electron chi connectivity index (χ3n) is 13.0. The van der Waals surface area contributed by atoms with Gasteiger partial charge in [0.1, 0.15) is 19.8 Å². The quantitative estimate of drug-likeness (QED) is 0.0195. The topological polar surface area (TPSA) is 111 Å². The number of unbranched alkanes of at least 4 members (excludes halogenated alkanes) is 22. The molecule has 0 radical (unpaired) electrons. The molecule has 0 heterocycles. The molecule has 0 spiro atoms. The van der Waals surface area contributed by atoms with Gasteiger partial charge in [0.25, 0.3) is 7.82 Å². The summed E-state index contributed by atoms with van der Waals surface area (Å²) in [5, 5.41) is 0. The van der Waals surface area contributed by atoms with E-state index in [0.29, 0.717) is 17.4 Å². The van der Waals surface area contributed by atoms with Crippen molar-refractivity contribution in [2.24, 2.45) is 0 Å². The number of likely N-dealkylation sites (N-methyl/N-ethyl adjacent to an activating group) is 1. The van der Waals surface area contributed by atoms with Crippen LogP contribution < -0.4 is 4.89 Å². The van der Waals surface area contributed by atoms with Gasteiger partial charge in [0.2, 0.25) is 0 Å². The van der Waals surface area contributed by atoms with Crippen molar-refractivity contribution < 1.29 is 42.1 Å². The van der Waals surface area contributed by atoms with Crippen molar-refractivity contribution in [3.8, 4) is 0 Å². The van der Waals surface area contributed by atoms with Crippen LogP contribution in [0.4, 0.5) is 0 Å². The van der Waals surface area contributed by atoms with E-state index in [0.717, 1.165) is 109 Å². The fraction of sp³-hybridized carbons (Fsp3) is 0.676. The number of nitrogens with zero attached hydrogens (tertiary/aromatic N) is 1. The molecule has 0 aliphatic heterocycles. The van der Waals surface area contributed by atoms with Crippen molar-refractivity contribution in [1.82, 2.24) is 0 Å². The van der Waals surface area contributed by atoms with Crippen LogP contribution in [0.15, 0.2) is 122 Å². The maximum atomic E-state index is 12.8. The highest BCUT2D eigenvalue weighted by molar-refractivity contribution is 7.45. The number of esters is 2. The number of rotatable bonds is 56. The molecule has 0 rings (SSSR count). The van der Waals surface area contributed by atoms with Gasteiger partial charge in [0.15, 0.2) is 6.10 Å². The van der Waals surface area contributed by atoms with Crippen LogP contribution >= 0.6 is 7.82 Å². The first kappa shape index (κ1) is 74.4. The maximum absolute atomic E-state index is 12.8. The number of phosphoric acid groups is 1. The van der Waals surface area contributed by atoms with Gasteiger partial charge in [-0.05, 0) is 89.9 Å². The van der Waals surface area contributed by atoms with Gasteiger partial charge in [0.05, 0.1) is 27.7 Å². The molecule has 0 amide bonds. The number of phosphoric ester groups is 1. The molecule has 2 unspecified atom stereocenters. The molecule has 0 aromatic carbocycles. The molecule has 0 saturated carbocycles. The van der Waals surface area contributed by atoms with Crippen molar-refractivity contribution in [3.05, 3.63) is 122 Å². The average Bonchev–Trinajstić information content (AvgIpc) is 3.41. The van der Waals surface area contributed by atoms with Crippen LogP contribution in [0.2, 0.25) is 0 Å². The Kier molecular flexibility index (Phi) is 55.4. The van der Waals surface area contributed by atoms with E-state index in [1.165, 1.54) is 103 Å². The SMILES string of the molecule is CC/C=C\C/C=C\C/C=C\C/C=C\C/C=C\C/C=C\C/C=C\C/C=C\C/C=C\C/C=C\CCCCCCC(=O)OC(COC(=O)CCCCCCCCCCCCCCCCCCCCC)COP(=O)([O-])OCC[N+](C)(C)C. The maximum Gasteiger partial charge on any atom is 0.306 e. The number of carbonyl (C=O) groups is 2. The Morgan fingerprint density at radius 3 is 1.09 bits per heavy atom. The first-order valence-electron chi connectivity index (χ1n) is 31.2. The van der Waals surface area contributed by atoms with Gasteiger partial charge >= 0.3 is 11.9 Å². The normalized spacial score (nSPS) is 14.1. The average molecular weight is 1110 g/mol. The van der Waals surface area contributed by atoms with Gasteiger partial charge in [-0.3, -0.25) is 14.2 Å². The number of hydrogen-bond donors (Lipinski definition) is 0. The lowest BCUT2D eigenvalue weighted by Gasteiger charge is -2.28. The Morgan fingerprint density at radius 1 is 0.410 bits per heavy atom. The highest BCUT2D eigenvalue weighted by Gasteiger charge is 2.22. The molecule has 0 aromatic heterocycles. The van der Waals surface area contributed by atoms with E-state index in [-0.39, 0.29) is 26.1 Å². The van der Waals surface area contributed by atoms with Crippen LogP contribution in [0.25, 0.3) is 0 Å². The number of quaternary nitrogens is 1. The smallest absolute Gasteiger partial charge is 0.306 e. The van der Waals surface area contributed by atoms with Crippen molar-refractivity contribution in [2.75, 3.05) is 47.5 Å². The molecule has 0 saturated heterocycles. The lowest BCUT2D eigenvalue weighted by molar-refractivity contribution is -0.870. The summed E-state index contributed by atoms with van der Waals surface area (Å²) in [6.45, 7) is 4.10. The Morgan fingerprint density at radius 2 is 0.731 bits per heavy atom. The first-order valence-corrected chi connectivity index (χ1v) is 32.7. The second kappa shape index (κ2) is 58.1.